The highest BCUT2D eigenvalue weighted by molar-refractivity contribution is 7.79. The number of benzene rings is 1. The number of thiol groups is 1. The van der Waals surface area contributed by atoms with Gasteiger partial charge < -0.3 is 5.11 Å². The molecule has 0 saturated heterocycles. The van der Waals surface area contributed by atoms with Gasteiger partial charge in [-0.3, -0.25) is 0 Å². The number of rotatable bonds is 1. The molecule has 0 aliphatic carbocycles. The maximum Gasteiger partial charge on any atom is 0.119 e. The van der Waals surface area contributed by atoms with Crippen LogP contribution in [0, 0.1) is 0 Å². The number of phenols is 1. The fraction of sp³-hybridized carbons (Fsp3) is 0.143. The van der Waals surface area contributed by atoms with Gasteiger partial charge in [0.1, 0.15) is 5.75 Å². The largest absolute Gasteiger partial charge is 0.508 e. The molecule has 0 atom stereocenters. The predicted octanol–water partition coefficient (Wildman–Crippen LogP) is 1.82. The van der Waals surface area contributed by atoms with Crippen LogP contribution < -0.4 is 0 Å². The van der Waals surface area contributed by atoms with Crippen LogP contribution in [0.25, 0.3) is 0 Å². The Bertz CT molecular complexity index is 198. The third-order valence-electron chi connectivity index (χ3n) is 1.16. The topological polar surface area (TPSA) is 20.2 Å². The first kappa shape index (κ1) is 6.49. The lowest BCUT2D eigenvalue weighted by Gasteiger charge is -1.96. The van der Waals surface area contributed by atoms with Crippen LogP contribution in [-0.4, -0.2) is 5.11 Å². The van der Waals surface area contributed by atoms with Crippen molar-refractivity contribution in [3.8, 4) is 5.75 Å². The van der Waals surface area contributed by atoms with E-state index >= 15 is 0 Å². The van der Waals surface area contributed by atoms with E-state index in [1.165, 1.54) is 0 Å². The van der Waals surface area contributed by atoms with Crippen molar-refractivity contribution in [2.45, 2.75) is 5.75 Å². The molecule has 0 fully saturated rings. The molecule has 48 valence electrons. The lowest BCUT2D eigenvalue weighted by atomic mass is 10.2. The number of para-hydroxylation sites is 1. The number of hydrogen-bond donors (Lipinski definition) is 2. The molecule has 0 spiro atoms. The monoisotopic (exact) mass is 140 g/mol. The Kier molecular flexibility index (Phi) is 2.01. The Morgan fingerprint density at radius 1 is 1.33 bits per heavy atom. The standard InChI is InChI=1S/C7H8OS/c8-7-4-2-1-3-6(7)5-9/h1-4,8-9H,5H2. The van der Waals surface area contributed by atoms with Crippen molar-refractivity contribution in [3.63, 3.8) is 0 Å². The van der Waals surface area contributed by atoms with Crippen LogP contribution in [0.1, 0.15) is 5.56 Å². The van der Waals surface area contributed by atoms with E-state index in [1.807, 2.05) is 12.1 Å². The minimum Gasteiger partial charge on any atom is -0.508 e. The molecule has 1 aromatic carbocycles. The van der Waals surface area contributed by atoms with Gasteiger partial charge in [0.15, 0.2) is 0 Å². The highest BCUT2D eigenvalue weighted by Gasteiger charge is 1.92. The maximum absolute atomic E-state index is 9.06. The molecule has 2 heteroatoms. The lowest BCUT2D eigenvalue weighted by molar-refractivity contribution is 0.470. The van der Waals surface area contributed by atoms with Gasteiger partial charge in [0.25, 0.3) is 0 Å². The van der Waals surface area contributed by atoms with E-state index in [0.717, 1.165) is 5.56 Å². The zero-order chi connectivity index (χ0) is 6.69. The van der Waals surface area contributed by atoms with Gasteiger partial charge in [-0.15, -0.1) is 0 Å². The van der Waals surface area contributed by atoms with Crippen molar-refractivity contribution >= 4 is 12.6 Å². The Morgan fingerprint density at radius 2 is 2.00 bits per heavy atom. The van der Waals surface area contributed by atoms with Gasteiger partial charge in [-0.1, -0.05) is 18.2 Å². The normalized spacial score (nSPS) is 9.44. The van der Waals surface area contributed by atoms with E-state index < -0.39 is 0 Å². The van der Waals surface area contributed by atoms with Crippen LogP contribution in [0.15, 0.2) is 24.3 Å². The van der Waals surface area contributed by atoms with Gasteiger partial charge in [-0.25, -0.2) is 0 Å². The average molecular weight is 140 g/mol. The van der Waals surface area contributed by atoms with E-state index in [9.17, 15) is 0 Å². The first-order valence-corrected chi connectivity index (χ1v) is 3.35. The molecular weight excluding hydrogens is 132 g/mol. The molecule has 1 rings (SSSR count). The second-order valence-electron chi connectivity index (χ2n) is 1.79. The lowest BCUT2D eigenvalue weighted by Crippen LogP contribution is -1.75. The summed E-state index contributed by atoms with van der Waals surface area (Å²) in [6, 6.07) is 7.18. The van der Waals surface area contributed by atoms with Crippen LogP contribution in [0.3, 0.4) is 0 Å². The van der Waals surface area contributed by atoms with Crippen LogP contribution in [0.4, 0.5) is 0 Å². The van der Waals surface area contributed by atoms with Gasteiger partial charge in [0, 0.05) is 11.3 Å². The summed E-state index contributed by atoms with van der Waals surface area (Å²) < 4.78 is 0. The van der Waals surface area contributed by atoms with Crippen LogP contribution in [-0.2, 0) is 5.75 Å². The first-order chi connectivity index (χ1) is 4.34. The Hall–Kier alpha value is -0.630. The summed E-state index contributed by atoms with van der Waals surface area (Å²) in [5.74, 6) is 0.916. The number of phenolic OH excluding ortho intramolecular Hbond substituents is 1. The van der Waals surface area contributed by atoms with Crippen molar-refractivity contribution in [3.05, 3.63) is 29.8 Å². The summed E-state index contributed by atoms with van der Waals surface area (Å²) in [5.41, 5.74) is 0.876. The summed E-state index contributed by atoms with van der Waals surface area (Å²) in [7, 11) is 0. The van der Waals surface area contributed by atoms with Gasteiger partial charge in [-0.2, -0.15) is 12.6 Å². The summed E-state index contributed by atoms with van der Waals surface area (Å²) in [6.07, 6.45) is 0. The Labute approximate surface area is 59.7 Å². The molecular formula is C7H8OS. The number of aromatic hydroxyl groups is 1. The third kappa shape index (κ3) is 1.39. The van der Waals surface area contributed by atoms with Gasteiger partial charge in [-0.05, 0) is 6.07 Å². The fourth-order valence-electron chi connectivity index (χ4n) is 0.645. The van der Waals surface area contributed by atoms with Crippen molar-refractivity contribution in [1.82, 2.24) is 0 Å². The second kappa shape index (κ2) is 2.78. The molecule has 1 nitrogen and oxygen atoms in total. The molecule has 0 bridgehead atoms. The van der Waals surface area contributed by atoms with E-state index in [0.29, 0.717) is 11.5 Å². The maximum atomic E-state index is 9.06. The first-order valence-electron chi connectivity index (χ1n) is 2.72. The molecule has 0 aliphatic heterocycles. The van der Waals surface area contributed by atoms with E-state index in [-0.39, 0.29) is 0 Å². The third-order valence-corrected chi connectivity index (χ3v) is 1.50. The Balaban J connectivity index is 3.01. The van der Waals surface area contributed by atoms with Crippen molar-refractivity contribution in [1.29, 1.82) is 0 Å². The molecule has 0 amide bonds. The highest BCUT2D eigenvalue weighted by Crippen LogP contribution is 2.16. The van der Waals surface area contributed by atoms with Crippen LogP contribution >= 0.6 is 12.6 Å². The smallest absolute Gasteiger partial charge is 0.119 e. The summed E-state index contributed by atoms with van der Waals surface area (Å²) >= 11 is 4.02. The summed E-state index contributed by atoms with van der Waals surface area (Å²) in [4.78, 5) is 0. The van der Waals surface area contributed by atoms with Gasteiger partial charge >= 0.3 is 0 Å². The minimum absolute atomic E-state index is 0.326. The molecule has 0 heterocycles. The molecule has 1 N–H and O–H groups in total. The molecule has 0 aliphatic rings. The highest BCUT2D eigenvalue weighted by atomic mass is 32.1. The summed E-state index contributed by atoms with van der Waals surface area (Å²) in [5, 5.41) is 9.06. The van der Waals surface area contributed by atoms with Crippen molar-refractivity contribution in [2.24, 2.45) is 0 Å². The Morgan fingerprint density at radius 3 is 2.44 bits per heavy atom. The van der Waals surface area contributed by atoms with E-state index in [1.54, 1.807) is 12.1 Å². The fourth-order valence-corrected chi connectivity index (χ4v) is 0.912. The second-order valence-corrected chi connectivity index (χ2v) is 2.10. The predicted molar refractivity (Wildman–Crippen MR) is 40.8 cm³/mol. The molecule has 9 heavy (non-hydrogen) atoms. The zero-order valence-corrected chi connectivity index (χ0v) is 5.81. The molecule has 0 aromatic heterocycles. The minimum atomic E-state index is 0.326. The zero-order valence-electron chi connectivity index (χ0n) is 4.91. The van der Waals surface area contributed by atoms with Crippen molar-refractivity contribution < 1.29 is 5.11 Å². The molecule has 0 saturated carbocycles. The molecule has 1 aromatic rings. The quantitative estimate of drug-likeness (QED) is 0.570. The van der Waals surface area contributed by atoms with E-state index in [2.05, 4.69) is 12.6 Å². The average Bonchev–Trinajstić information content (AvgIpc) is 1.89. The van der Waals surface area contributed by atoms with Gasteiger partial charge in [0.2, 0.25) is 0 Å². The molecule has 0 unspecified atom stereocenters. The van der Waals surface area contributed by atoms with Crippen LogP contribution in [0.5, 0.6) is 5.75 Å². The SMILES string of the molecule is Oc1ccccc1CS. The van der Waals surface area contributed by atoms with Gasteiger partial charge in [0.05, 0.1) is 0 Å². The van der Waals surface area contributed by atoms with Crippen molar-refractivity contribution in [2.75, 3.05) is 0 Å². The van der Waals surface area contributed by atoms with E-state index in [4.69, 9.17) is 5.11 Å². The number of hydrogen-bond acceptors (Lipinski definition) is 2. The van der Waals surface area contributed by atoms with Crippen LogP contribution in [0.2, 0.25) is 0 Å². The molecule has 0 radical (unpaired) electrons. The summed E-state index contributed by atoms with van der Waals surface area (Å²) in [6.45, 7) is 0.